The summed E-state index contributed by atoms with van der Waals surface area (Å²) in [7, 11) is 0. The fraction of sp³-hybridized carbons (Fsp3) is 0.700. The van der Waals surface area contributed by atoms with Gasteiger partial charge in [-0.25, -0.2) is 4.98 Å². The lowest BCUT2D eigenvalue weighted by Crippen LogP contribution is -2.37. The number of pyridine rings is 1. The highest BCUT2D eigenvalue weighted by Crippen LogP contribution is 2.20. The zero-order valence-corrected chi connectivity index (χ0v) is 16.5. The average molecular weight is 379 g/mol. The van der Waals surface area contributed by atoms with Crippen molar-refractivity contribution >= 4 is 11.8 Å². The molecule has 0 amide bonds. The van der Waals surface area contributed by atoms with Crippen molar-refractivity contribution in [2.45, 2.75) is 51.5 Å². The molecule has 1 aliphatic heterocycles. The van der Waals surface area contributed by atoms with Crippen LogP contribution in [0.4, 0.5) is 5.82 Å². The summed E-state index contributed by atoms with van der Waals surface area (Å²) in [6.45, 7) is 6.75. The van der Waals surface area contributed by atoms with Gasteiger partial charge in [-0.1, -0.05) is 6.07 Å². The molecule has 152 valence electrons. The van der Waals surface area contributed by atoms with Crippen LogP contribution in [0.3, 0.4) is 0 Å². The number of ether oxygens (including phenoxy) is 1. The zero-order chi connectivity index (χ0) is 19.5. The summed E-state index contributed by atoms with van der Waals surface area (Å²) in [5, 5.41) is 12.3. The summed E-state index contributed by atoms with van der Waals surface area (Å²) in [4.78, 5) is 17.9. The first kappa shape index (κ1) is 21.6. The number of aromatic nitrogens is 1. The minimum Gasteiger partial charge on any atom is -0.480 e. The fourth-order valence-corrected chi connectivity index (χ4v) is 3.27. The number of fused-ring (bicyclic) bond motifs is 1. The molecule has 0 aromatic carbocycles. The molecule has 0 saturated carbocycles. The maximum atomic E-state index is 10.9. The molecule has 0 bridgehead atoms. The summed E-state index contributed by atoms with van der Waals surface area (Å²) in [5.41, 5.74) is 8.09. The van der Waals surface area contributed by atoms with Crippen LogP contribution in [0, 0.1) is 0 Å². The van der Waals surface area contributed by atoms with Gasteiger partial charge in [0.05, 0.1) is 6.61 Å². The lowest BCUT2D eigenvalue weighted by Gasteiger charge is -2.23. The summed E-state index contributed by atoms with van der Waals surface area (Å²) < 4.78 is 5.44. The normalized spacial score (nSPS) is 14.6. The Balaban J connectivity index is 1.73. The predicted molar refractivity (Wildman–Crippen MR) is 107 cm³/mol. The smallest absolute Gasteiger partial charge is 0.320 e. The summed E-state index contributed by atoms with van der Waals surface area (Å²) in [5.74, 6) is 0.117. The van der Waals surface area contributed by atoms with Gasteiger partial charge in [0.1, 0.15) is 11.9 Å². The van der Waals surface area contributed by atoms with E-state index in [9.17, 15) is 4.79 Å². The molecule has 7 heteroatoms. The van der Waals surface area contributed by atoms with Crippen molar-refractivity contribution in [3.63, 3.8) is 0 Å². The van der Waals surface area contributed by atoms with Crippen molar-refractivity contribution < 1.29 is 14.6 Å². The van der Waals surface area contributed by atoms with Crippen LogP contribution in [-0.2, 0) is 22.4 Å². The molecule has 0 unspecified atom stereocenters. The number of aryl methyl sites for hydroxylation is 2. The van der Waals surface area contributed by atoms with E-state index in [4.69, 9.17) is 20.6 Å². The van der Waals surface area contributed by atoms with Gasteiger partial charge in [0.25, 0.3) is 0 Å². The third-order valence-corrected chi connectivity index (χ3v) is 4.94. The molecule has 4 N–H and O–H groups in total. The Bertz CT molecular complexity index is 582. The van der Waals surface area contributed by atoms with Gasteiger partial charge in [-0.15, -0.1) is 0 Å². The Morgan fingerprint density at radius 2 is 2.22 bits per heavy atom. The molecule has 0 fully saturated rings. The molecule has 0 saturated heterocycles. The molecule has 2 heterocycles. The van der Waals surface area contributed by atoms with Crippen LogP contribution in [0.15, 0.2) is 12.1 Å². The number of carbonyl (C=O) groups is 1. The molecule has 0 spiro atoms. The third kappa shape index (κ3) is 7.82. The number of unbranched alkanes of at least 4 members (excludes halogenated alkanes) is 1. The standard InChI is InChI=1S/C20H34N4O3/c1-2-27-15-14-24(13-10-18(21)20(25)26)12-4-3-7-17-9-8-16-6-5-11-22-19(16)23-17/h8-9,18H,2-7,10-15,21H2,1H3,(H,22,23)(H,25,26)/t18-/m0/s1. The van der Waals surface area contributed by atoms with E-state index in [1.165, 1.54) is 12.0 Å². The van der Waals surface area contributed by atoms with Crippen molar-refractivity contribution in [1.82, 2.24) is 9.88 Å². The van der Waals surface area contributed by atoms with Crippen LogP contribution in [-0.4, -0.2) is 66.4 Å². The number of carboxylic acids is 1. The molecular formula is C20H34N4O3. The highest BCUT2D eigenvalue weighted by molar-refractivity contribution is 5.72. The Kier molecular flexibility index (Phi) is 9.52. The van der Waals surface area contributed by atoms with Crippen LogP contribution < -0.4 is 11.1 Å². The predicted octanol–water partition coefficient (Wildman–Crippen LogP) is 1.90. The van der Waals surface area contributed by atoms with E-state index in [1.54, 1.807) is 0 Å². The summed E-state index contributed by atoms with van der Waals surface area (Å²) in [6, 6.07) is 3.54. The van der Waals surface area contributed by atoms with Crippen molar-refractivity contribution in [1.29, 1.82) is 0 Å². The molecule has 1 aromatic heterocycles. The van der Waals surface area contributed by atoms with Gasteiger partial charge in [-0.05, 0) is 63.6 Å². The van der Waals surface area contributed by atoms with Crippen LogP contribution >= 0.6 is 0 Å². The number of aliphatic carboxylic acids is 1. The minimum atomic E-state index is -0.938. The number of nitrogens with zero attached hydrogens (tertiary/aromatic N) is 2. The van der Waals surface area contributed by atoms with Gasteiger partial charge < -0.3 is 25.8 Å². The quantitative estimate of drug-likeness (QED) is 0.451. The zero-order valence-electron chi connectivity index (χ0n) is 16.5. The second-order valence-corrected chi connectivity index (χ2v) is 7.07. The number of rotatable bonds is 13. The van der Waals surface area contributed by atoms with E-state index in [0.717, 1.165) is 56.8 Å². The number of anilines is 1. The van der Waals surface area contributed by atoms with Crippen LogP contribution in [0.25, 0.3) is 0 Å². The highest BCUT2D eigenvalue weighted by Gasteiger charge is 2.14. The largest absolute Gasteiger partial charge is 0.480 e. The van der Waals surface area contributed by atoms with Crippen LogP contribution in [0.2, 0.25) is 0 Å². The molecule has 1 aromatic rings. The maximum Gasteiger partial charge on any atom is 0.320 e. The Morgan fingerprint density at radius 3 is 3.00 bits per heavy atom. The number of hydrogen-bond donors (Lipinski definition) is 3. The molecule has 2 rings (SSSR count). The van der Waals surface area contributed by atoms with Gasteiger partial charge in [0.2, 0.25) is 0 Å². The van der Waals surface area contributed by atoms with E-state index in [-0.39, 0.29) is 0 Å². The van der Waals surface area contributed by atoms with Crippen LogP contribution in [0.5, 0.6) is 0 Å². The van der Waals surface area contributed by atoms with Gasteiger partial charge in [-0.3, -0.25) is 4.79 Å². The van der Waals surface area contributed by atoms with Crippen molar-refractivity contribution in [2.75, 3.05) is 44.7 Å². The second kappa shape index (κ2) is 11.9. The highest BCUT2D eigenvalue weighted by atomic mass is 16.5. The SMILES string of the molecule is CCOCCN(CCCCc1ccc2c(n1)NCCC2)CC[C@H](N)C(=O)O. The van der Waals surface area contributed by atoms with E-state index in [2.05, 4.69) is 22.3 Å². The lowest BCUT2D eigenvalue weighted by molar-refractivity contribution is -0.138. The van der Waals surface area contributed by atoms with E-state index >= 15 is 0 Å². The lowest BCUT2D eigenvalue weighted by atomic mass is 10.1. The van der Waals surface area contributed by atoms with E-state index in [1.807, 2.05) is 6.92 Å². The third-order valence-electron chi connectivity index (χ3n) is 4.94. The first-order valence-corrected chi connectivity index (χ1v) is 10.1. The topological polar surface area (TPSA) is 101 Å². The summed E-state index contributed by atoms with van der Waals surface area (Å²) in [6.07, 6.45) is 5.81. The molecule has 1 aliphatic rings. The van der Waals surface area contributed by atoms with Crippen molar-refractivity contribution in [3.8, 4) is 0 Å². The molecule has 0 aliphatic carbocycles. The number of hydrogen-bond acceptors (Lipinski definition) is 6. The van der Waals surface area contributed by atoms with Gasteiger partial charge in [0.15, 0.2) is 0 Å². The summed E-state index contributed by atoms with van der Waals surface area (Å²) >= 11 is 0. The van der Waals surface area contributed by atoms with Gasteiger partial charge in [0, 0.05) is 31.9 Å². The second-order valence-electron chi connectivity index (χ2n) is 7.07. The number of carboxylic acid groups (broad SMARTS) is 1. The van der Waals surface area contributed by atoms with E-state index < -0.39 is 12.0 Å². The molecule has 27 heavy (non-hydrogen) atoms. The average Bonchev–Trinajstić information content (AvgIpc) is 2.68. The minimum absolute atomic E-state index is 0.458. The Labute approximate surface area is 162 Å². The van der Waals surface area contributed by atoms with Crippen molar-refractivity contribution in [3.05, 3.63) is 23.4 Å². The monoisotopic (exact) mass is 378 g/mol. The van der Waals surface area contributed by atoms with Gasteiger partial charge >= 0.3 is 5.97 Å². The first-order valence-electron chi connectivity index (χ1n) is 10.1. The van der Waals surface area contributed by atoms with Crippen LogP contribution in [0.1, 0.15) is 43.9 Å². The molecule has 0 radical (unpaired) electrons. The Hall–Kier alpha value is -1.70. The fourth-order valence-electron chi connectivity index (χ4n) is 3.27. The number of nitrogens with two attached hydrogens (primary N) is 1. The Morgan fingerprint density at radius 1 is 1.37 bits per heavy atom. The maximum absolute atomic E-state index is 10.9. The molecule has 1 atom stereocenters. The first-order chi connectivity index (χ1) is 13.1. The molecule has 7 nitrogen and oxygen atoms in total. The molecular weight excluding hydrogens is 344 g/mol. The number of nitrogens with one attached hydrogen (secondary N) is 1. The van der Waals surface area contributed by atoms with E-state index in [0.29, 0.717) is 26.2 Å². The van der Waals surface area contributed by atoms with Gasteiger partial charge in [-0.2, -0.15) is 0 Å². The van der Waals surface area contributed by atoms with Crippen molar-refractivity contribution in [2.24, 2.45) is 5.73 Å².